The predicted molar refractivity (Wildman–Crippen MR) is 119 cm³/mol. The maximum absolute atomic E-state index is 13.1. The Morgan fingerprint density at radius 3 is 2.27 bits per heavy atom. The molecule has 0 saturated carbocycles. The number of carbonyl (C=O) groups is 2. The lowest BCUT2D eigenvalue weighted by Crippen LogP contribution is -2.49. The van der Waals surface area contributed by atoms with Gasteiger partial charge < -0.3 is 15.0 Å². The fraction of sp³-hybridized carbons (Fsp3) is 0.391. The van der Waals surface area contributed by atoms with Gasteiger partial charge in [0, 0.05) is 18.8 Å². The number of thioether (sulfide) groups is 1. The first kappa shape index (κ1) is 23.7. The Balaban J connectivity index is 2.10. The van der Waals surface area contributed by atoms with Crippen LogP contribution < -0.4 is 10.1 Å². The van der Waals surface area contributed by atoms with Crippen molar-refractivity contribution in [2.45, 2.75) is 38.6 Å². The maximum Gasteiger partial charge on any atom is 0.242 e. The minimum Gasteiger partial charge on any atom is -0.497 e. The number of hydrogen-bond donors (Lipinski definition) is 1. The third-order valence-corrected chi connectivity index (χ3v) is 5.64. The van der Waals surface area contributed by atoms with E-state index in [2.05, 4.69) is 5.32 Å². The highest BCUT2D eigenvalue weighted by Crippen LogP contribution is 2.19. The summed E-state index contributed by atoms with van der Waals surface area (Å²) in [5, 5.41) is 2.83. The zero-order valence-electron chi connectivity index (χ0n) is 17.7. The minimum absolute atomic E-state index is 0.101. The molecule has 0 unspecified atom stereocenters. The van der Waals surface area contributed by atoms with E-state index in [4.69, 9.17) is 4.74 Å². The molecule has 2 aromatic rings. The number of hydrogen-bond acceptors (Lipinski definition) is 4. The molecule has 1 N–H and O–H groups in total. The average molecular weight is 433 g/mol. The van der Waals surface area contributed by atoms with Gasteiger partial charge in [-0.2, -0.15) is 0 Å². The van der Waals surface area contributed by atoms with Crippen molar-refractivity contribution < 1.29 is 18.7 Å². The van der Waals surface area contributed by atoms with Crippen LogP contribution in [0.4, 0.5) is 4.39 Å². The van der Waals surface area contributed by atoms with Crippen LogP contribution in [0, 0.1) is 5.82 Å². The van der Waals surface area contributed by atoms with E-state index in [1.807, 2.05) is 38.1 Å². The fourth-order valence-corrected chi connectivity index (χ4v) is 3.93. The molecular weight excluding hydrogens is 403 g/mol. The van der Waals surface area contributed by atoms with Crippen molar-refractivity contribution in [1.29, 1.82) is 0 Å². The Hall–Kier alpha value is -2.54. The fourth-order valence-electron chi connectivity index (χ4n) is 3.06. The summed E-state index contributed by atoms with van der Waals surface area (Å²) in [6.07, 6.45) is 0.524. The summed E-state index contributed by atoms with van der Waals surface area (Å²) < 4.78 is 18.2. The van der Waals surface area contributed by atoms with Crippen molar-refractivity contribution in [2.75, 3.05) is 19.4 Å². The lowest BCUT2D eigenvalue weighted by atomic mass is 10.1. The molecule has 0 aliphatic rings. The normalized spacial score (nSPS) is 11.6. The van der Waals surface area contributed by atoms with Gasteiger partial charge in [0.05, 0.1) is 12.9 Å². The zero-order chi connectivity index (χ0) is 21.9. The van der Waals surface area contributed by atoms with E-state index in [0.717, 1.165) is 16.9 Å². The molecule has 0 bridgehead atoms. The number of nitrogens with one attached hydrogen (secondary N) is 1. The molecule has 2 aromatic carbocycles. The molecule has 2 rings (SSSR count). The van der Waals surface area contributed by atoms with Crippen molar-refractivity contribution in [3.63, 3.8) is 0 Å². The van der Waals surface area contributed by atoms with Crippen LogP contribution in [0.25, 0.3) is 0 Å². The van der Waals surface area contributed by atoms with Crippen LogP contribution in [0.15, 0.2) is 48.5 Å². The number of methoxy groups -OCH3 is 1. The minimum atomic E-state index is -0.536. The highest BCUT2D eigenvalue weighted by molar-refractivity contribution is 7.99. The molecule has 30 heavy (non-hydrogen) atoms. The molecule has 0 radical (unpaired) electrons. The first-order valence-corrected chi connectivity index (χ1v) is 11.2. The molecule has 5 nitrogen and oxygen atoms in total. The second-order valence-electron chi connectivity index (χ2n) is 6.81. The summed E-state index contributed by atoms with van der Waals surface area (Å²) in [7, 11) is 1.60. The number of ether oxygens (including phenoxy) is 1. The number of likely N-dealkylation sites (N-methyl/N-ethyl adjacent to an activating group) is 1. The lowest BCUT2D eigenvalue weighted by Gasteiger charge is -2.30. The summed E-state index contributed by atoms with van der Waals surface area (Å²) in [5.41, 5.74) is 1.88. The van der Waals surface area contributed by atoms with Gasteiger partial charge in [0.2, 0.25) is 11.8 Å². The van der Waals surface area contributed by atoms with Gasteiger partial charge in [0.15, 0.2) is 0 Å². The molecule has 0 aliphatic carbocycles. The number of rotatable bonds is 11. The van der Waals surface area contributed by atoms with Gasteiger partial charge in [-0.15, -0.1) is 11.8 Å². The van der Waals surface area contributed by atoms with Crippen molar-refractivity contribution in [1.82, 2.24) is 10.2 Å². The Bertz CT molecular complexity index is 812. The van der Waals surface area contributed by atoms with Crippen LogP contribution in [-0.2, 0) is 21.9 Å². The number of benzene rings is 2. The quantitative estimate of drug-likeness (QED) is 0.583. The van der Waals surface area contributed by atoms with Crippen LogP contribution in [0.1, 0.15) is 31.4 Å². The van der Waals surface area contributed by atoms with E-state index in [-0.39, 0.29) is 23.4 Å². The van der Waals surface area contributed by atoms with E-state index >= 15 is 0 Å². The summed E-state index contributed by atoms with van der Waals surface area (Å²) >= 11 is 1.45. The van der Waals surface area contributed by atoms with Crippen molar-refractivity contribution in [2.24, 2.45) is 0 Å². The third-order valence-electron chi connectivity index (χ3n) is 4.66. The Kier molecular flexibility index (Phi) is 9.67. The molecular formula is C23H29FN2O3S. The first-order chi connectivity index (χ1) is 14.5. The van der Waals surface area contributed by atoms with Gasteiger partial charge in [-0.05, 0) is 48.7 Å². The van der Waals surface area contributed by atoms with Crippen LogP contribution in [0.2, 0.25) is 0 Å². The van der Waals surface area contributed by atoms with Gasteiger partial charge in [0.25, 0.3) is 0 Å². The Morgan fingerprint density at radius 2 is 1.70 bits per heavy atom. The predicted octanol–water partition coefficient (Wildman–Crippen LogP) is 4.01. The van der Waals surface area contributed by atoms with Crippen LogP contribution in [-0.4, -0.2) is 42.2 Å². The van der Waals surface area contributed by atoms with E-state index in [1.54, 1.807) is 24.1 Å². The van der Waals surface area contributed by atoms with Gasteiger partial charge in [0.1, 0.15) is 17.6 Å². The largest absolute Gasteiger partial charge is 0.497 e. The molecule has 2 amide bonds. The van der Waals surface area contributed by atoms with Crippen LogP contribution in [0.3, 0.4) is 0 Å². The van der Waals surface area contributed by atoms with Gasteiger partial charge in [-0.3, -0.25) is 9.59 Å². The SMILES string of the molecule is CCNC(=O)[C@@H](CC)N(Cc1ccc(OC)cc1)C(=O)CSCc1ccc(F)cc1. The molecule has 0 aliphatic heterocycles. The first-order valence-electron chi connectivity index (χ1n) is 10.0. The molecule has 0 heterocycles. The van der Waals surface area contributed by atoms with Gasteiger partial charge >= 0.3 is 0 Å². The summed E-state index contributed by atoms with van der Waals surface area (Å²) in [6.45, 7) is 4.62. The number of halogens is 1. The second kappa shape index (κ2) is 12.2. The summed E-state index contributed by atoms with van der Waals surface area (Å²) in [6, 6.07) is 13.2. The molecule has 1 atom stereocenters. The molecule has 0 saturated heterocycles. The van der Waals surface area contributed by atoms with E-state index < -0.39 is 6.04 Å². The number of amides is 2. The summed E-state index contributed by atoms with van der Waals surface area (Å²) in [4.78, 5) is 27.3. The molecule has 0 fully saturated rings. The lowest BCUT2D eigenvalue weighted by molar-refractivity contribution is -0.139. The standard InChI is InChI=1S/C23H29FN2O3S/c1-4-21(23(28)25-5-2)26(14-17-8-12-20(29-3)13-9-17)22(27)16-30-15-18-6-10-19(24)11-7-18/h6-13,21H,4-5,14-16H2,1-3H3,(H,25,28)/t21-/m1/s1. The van der Waals surface area contributed by atoms with Crippen molar-refractivity contribution in [3.8, 4) is 5.75 Å². The van der Waals surface area contributed by atoms with Gasteiger partial charge in [-0.1, -0.05) is 31.2 Å². The highest BCUT2D eigenvalue weighted by atomic mass is 32.2. The highest BCUT2D eigenvalue weighted by Gasteiger charge is 2.28. The van der Waals surface area contributed by atoms with Crippen molar-refractivity contribution in [3.05, 3.63) is 65.5 Å². The van der Waals surface area contributed by atoms with Crippen LogP contribution >= 0.6 is 11.8 Å². The maximum atomic E-state index is 13.1. The topological polar surface area (TPSA) is 58.6 Å². The van der Waals surface area contributed by atoms with Crippen LogP contribution in [0.5, 0.6) is 5.75 Å². The third kappa shape index (κ3) is 7.06. The van der Waals surface area contributed by atoms with E-state index in [1.165, 1.54) is 23.9 Å². The van der Waals surface area contributed by atoms with Gasteiger partial charge in [-0.25, -0.2) is 4.39 Å². The number of nitrogens with zero attached hydrogens (tertiary/aromatic N) is 1. The molecule has 162 valence electrons. The summed E-state index contributed by atoms with van der Waals surface area (Å²) in [5.74, 6) is 1.05. The zero-order valence-corrected chi connectivity index (χ0v) is 18.5. The van der Waals surface area contributed by atoms with E-state index in [0.29, 0.717) is 25.3 Å². The smallest absolute Gasteiger partial charge is 0.242 e. The van der Waals surface area contributed by atoms with Crippen molar-refractivity contribution >= 4 is 23.6 Å². The number of carbonyl (C=O) groups excluding carboxylic acids is 2. The monoisotopic (exact) mass is 432 g/mol. The molecule has 0 spiro atoms. The molecule has 0 aromatic heterocycles. The second-order valence-corrected chi connectivity index (χ2v) is 7.79. The average Bonchev–Trinajstić information content (AvgIpc) is 2.75. The molecule has 7 heteroatoms. The Morgan fingerprint density at radius 1 is 1.07 bits per heavy atom. The van der Waals surface area contributed by atoms with E-state index in [9.17, 15) is 14.0 Å². The Labute approximate surface area is 182 Å².